The van der Waals surface area contributed by atoms with Gasteiger partial charge in [-0.1, -0.05) is 24.3 Å². The second kappa shape index (κ2) is 10.8. The van der Waals surface area contributed by atoms with Crippen molar-refractivity contribution < 1.29 is 33.7 Å². The van der Waals surface area contributed by atoms with E-state index >= 15 is 0 Å². The number of carbonyl (C=O) groups is 2. The molecule has 8 nitrogen and oxygen atoms in total. The summed E-state index contributed by atoms with van der Waals surface area (Å²) in [6, 6.07) is 19.0. The Bertz CT molecular complexity index is 1250. The highest BCUT2D eigenvalue weighted by Gasteiger charge is 2.37. The fraction of sp³-hybridized carbons (Fsp3) is 0.286. The number of phenolic OH excluding ortho intramolecular Hbond substituents is 1. The Morgan fingerprint density at radius 1 is 1.08 bits per heavy atom. The molecule has 2 unspecified atom stereocenters. The van der Waals surface area contributed by atoms with Crippen molar-refractivity contribution in [1.29, 1.82) is 0 Å². The molecule has 4 rings (SSSR count). The lowest BCUT2D eigenvalue weighted by Crippen LogP contribution is -2.43. The van der Waals surface area contributed by atoms with Crippen LogP contribution in [0.1, 0.15) is 18.9 Å². The molecule has 3 aromatic rings. The highest BCUT2D eigenvalue weighted by molar-refractivity contribution is 5.94. The number of halogens is 1. The van der Waals surface area contributed by atoms with E-state index in [-0.39, 0.29) is 30.0 Å². The largest absolute Gasteiger partial charge is 0.508 e. The number of amides is 2. The number of para-hydroxylation sites is 1. The van der Waals surface area contributed by atoms with E-state index in [0.29, 0.717) is 30.9 Å². The number of anilines is 1. The molecule has 3 aromatic carbocycles. The number of carboxylic acids is 1. The number of urea groups is 1. The summed E-state index contributed by atoms with van der Waals surface area (Å²) < 4.78 is 25.4. The van der Waals surface area contributed by atoms with Crippen LogP contribution in [0, 0.1) is 5.82 Å². The lowest BCUT2D eigenvalue weighted by atomic mass is 9.96. The minimum atomic E-state index is -1.66. The van der Waals surface area contributed by atoms with Crippen molar-refractivity contribution in [2.45, 2.75) is 31.4 Å². The standard InChI is InChI=1S/C28H29FN2O6/c1-28(26(33)34,37-25-6-4-3-5-24(25)29)17-19-7-13-23(14-8-19)36-16-15-21-18-31(27(35)30(21)2)20-9-11-22(32)12-10-20/h3-14,21,32H,15-18H2,1-2H3,(H,33,34). The summed E-state index contributed by atoms with van der Waals surface area (Å²) in [7, 11) is 1.76. The van der Waals surface area contributed by atoms with E-state index in [2.05, 4.69) is 0 Å². The van der Waals surface area contributed by atoms with Crippen LogP contribution in [0.3, 0.4) is 0 Å². The molecular weight excluding hydrogens is 479 g/mol. The number of benzene rings is 3. The van der Waals surface area contributed by atoms with Crippen LogP contribution in [0.2, 0.25) is 0 Å². The molecule has 9 heteroatoms. The second-order valence-corrected chi connectivity index (χ2v) is 9.20. The van der Waals surface area contributed by atoms with Crippen molar-refractivity contribution in [3.63, 3.8) is 0 Å². The summed E-state index contributed by atoms with van der Waals surface area (Å²) in [6.45, 7) is 2.31. The molecule has 2 amide bonds. The lowest BCUT2D eigenvalue weighted by Gasteiger charge is -2.26. The fourth-order valence-corrected chi connectivity index (χ4v) is 4.22. The number of phenols is 1. The van der Waals surface area contributed by atoms with Gasteiger partial charge < -0.3 is 24.6 Å². The number of carboxylic acid groups (broad SMARTS) is 1. The van der Waals surface area contributed by atoms with Gasteiger partial charge in [-0.05, 0) is 61.0 Å². The number of aromatic hydroxyl groups is 1. The molecule has 194 valence electrons. The van der Waals surface area contributed by atoms with Crippen molar-refractivity contribution in [2.75, 3.05) is 25.1 Å². The molecule has 37 heavy (non-hydrogen) atoms. The van der Waals surface area contributed by atoms with Crippen molar-refractivity contribution in [3.8, 4) is 17.2 Å². The SMILES string of the molecule is CN1C(=O)N(c2ccc(O)cc2)CC1CCOc1ccc(CC(C)(Oc2ccccc2F)C(=O)O)cc1. The zero-order valence-electron chi connectivity index (χ0n) is 20.6. The minimum absolute atomic E-state index is 0.0268. The summed E-state index contributed by atoms with van der Waals surface area (Å²) in [4.78, 5) is 27.9. The van der Waals surface area contributed by atoms with E-state index in [0.717, 1.165) is 5.69 Å². The third-order valence-electron chi connectivity index (χ3n) is 6.44. The molecule has 2 atom stereocenters. The first kappa shape index (κ1) is 25.8. The molecule has 1 aliphatic heterocycles. The number of carbonyl (C=O) groups excluding carboxylic acids is 1. The number of nitrogens with zero attached hydrogens (tertiary/aromatic N) is 2. The average Bonchev–Trinajstić information content (AvgIpc) is 3.15. The minimum Gasteiger partial charge on any atom is -0.508 e. The summed E-state index contributed by atoms with van der Waals surface area (Å²) in [5.41, 5.74) is -0.242. The van der Waals surface area contributed by atoms with Gasteiger partial charge in [0.25, 0.3) is 0 Å². The van der Waals surface area contributed by atoms with Gasteiger partial charge in [-0.15, -0.1) is 0 Å². The summed E-state index contributed by atoms with van der Waals surface area (Å²) >= 11 is 0. The number of hydrogen-bond acceptors (Lipinski definition) is 5. The van der Waals surface area contributed by atoms with Crippen molar-refractivity contribution in [1.82, 2.24) is 4.90 Å². The van der Waals surface area contributed by atoms with Gasteiger partial charge in [-0.2, -0.15) is 0 Å². The van der Waals surface area contributed by atoms with Crippen LogP contribution in [-0.4, -0.2) is 59.0 Å². The van der Waals surface area contributed by atoms with Gasteiger partial charge in [0.05, 0.1) is 12.6 Å². The Morgan fingerprint density at radius 2 is 1.76 bits per heavy atom. The molecule has 0 radical (unpaired) electrons. The van der Waals surface area contributed by atoms with Crippen molar-refractivity contribution >= 4 is 17.7 Å². The van der Waals surface area contributed by atoms with Gasteiger partial charge in [0.1, 0.15) is 11.5 Å². The van der Waals surface area contributed by atoms with E-state index in [1.54, 1.807) is 71.4 Å². The van der Waals surface area contributed by atoms with E-state index in [4.69, 9.17) is 9.47 Å². The summed E-state index contributed by atoms with van der Waals surface area (Å²) in [5.74, 6) is -1.19. The third-order valence-corrected chi connectivity index (χ3v) is 6.44. The molecule has 0 aliphatic carbocycles. The number of rotatable bonds is 10. The summed E-state index contributed by atoms with van der Waals surface area (Å²) in [5, 5.41) is 19.2. The maximum absolute atomic E-state index is 14.0. The van der Waals surface area contributed by atoms with Crippen LogP contribution in [0.5, 0.6) is 17.2 Å². The fourth-order valence-electron chi connectivity index (χ4n) is 4.22. The Labute approximate surface area is 214 Å². The molecule has 1 heterocycles. The van der Waals surface area contributed by atoms with Crippen molar-refractivity contribution in [3.05, 3.63) is 84.2 Å². The first-order valence-corrected chi connectivity index (χ1v) is 11.9. The van der Waals surface area contributed by atoms with Crippen LogP contribution >= 0.6 is 0 Å². The van der Waals surface area contributed by atoms with Gasteiger partial charge in [-0.3, -0.25) is 4.90 Å². The highest BCUT2D eigenvalue weighted by atomic mass is 19.1. The molecule has 0 bridgehead atoms. The zero-order valence-corrected chi connectivity index (χ0v) is 20.6. The molecule has 1 aliphatic rings. The number of hydrogen-bond donors (Lipinski definition) is 2. The Morgan fingerprint density at radius 3 is 2.41 bits per heavy atom. The molecule has 0 aromatic heterocycles. The number of likely N-dealkylation sites (N-methyl/N-ethyl adjacent to an activating group) is 1. The summed E-state index contributed by atoms with van der Waals surface area (Å²) in [6.07, 6.45) is 0.644. The number of aliphatic carboxylic acids is 1. The lowest BCUT2D eigenvalue weighted by molar-refractivity contribution is -0.153. The molecular formula is C28H29FN2O6. The molecule has 0 spiro atoms. The molecule has 1 fully saturated rings. The van der Waals surface area contributed by atoms with Gasteiger partial charge >= 0.3 is 12.0 Å². The van der Waals surface area contributed by atoms with Gasteiger partial charge in [0, 0.05) is 32.1 Å². The van der Waals surface area contributed by atoms with E-state index < -0.39 is 17.4 Å². The van der Waals surface area contributed by atoms with Gasteiger partial charge in [-0.25, -0.2) is 14.0 Å². The van der Waals surface area contributed by atoms with E-state index in [1.165, 1.54) is 25.1 Å². The van der Waals surface area contributed by atoms with Crippen LogP contribution < -0.4 is 14.4 Å². The van der Waals surface area contributed by atoms with Gasteiger partial charge in [0.15, 0.2) is 11.6 Å². The maximum Gasteiger partial charge on any atom is 0.348 e. The molecule has 0 saturated carbocycles. The quantitative estimate of drug-likeness (QED) is 0.412. The number of ether oxygens (including phenoxy) is 2. The monoisotopic (exact) mass is 508 g/mol. The Hall–Kier alpha value is -4.27. The van der Waals surface area contributed by atoms with Gasteiger partial charge in [0.2, 0.25) is 5.60 Å². The normalized spacial score (nSPS) is 16.9. The van der Waals surface area contributed by atoms with Crippen LogP contribution in [0.4, 0.5) is 14.9 Å². The molecule has 1 saturated heterocycles. The van der Waals surface area contributed by atoms with Crippen LogP contribution in [0.15, 0.2) is 72.8 Å². The first-order chi connectivity index (χ1) is 17.7. The van der Waals surface area contributed by atoms with Crippen LogP contribution in [-0.2, 0) is 11.2 Å². The van der Waals surface area contributed by atoms with E-state index in [1.807, 2.05) is 0 Å². The maximum atomic E-state index is 14.0. The third kappa shape index (κ3) is 5.94. The average molecular weight is 509 g/mol. The molecule has 2 N–H and O–H groups in total. The zero-order chi connectivity index (χ0) is 26.6. The first-order valence-electron chi connectivity index (χ1n) is 11.9. The van der Waals surface area contributed by atoms with Crippen molar-refractivity contribution in [2.24, 2.45) is 0 Å². The smallest absolute Gasteiger partial charge is 0.348 e. The van der Waals surface area contributed by atoms with Crippen LogP contribution in [0.25, 0.3) is 0 Å². The Balaban J connectivity index is 1.32. The predicted molar refractivity (Wildman–Crippen MR) is 136 cm³/mol. The van der Waals surface area contributed by atoms with E-state index in [9.17, 15) is 24.2 Å². The highest BCUT2D eigenvalue weighted by Crippen LogP contribution is 2.28. The predicted octanol–water partition coefficient (Wildman–Crippen LogP) is 4.71. The second-order valence-electron chi connectivity index (χ2n) is 9.20. The topological polar surface area (TPSA) is 99.5 Å². The Kier molecular flexibility index (Phi) is 7.52.